The van der Waals surface area contributed by atoms with Gasteiger partial charge in [-0.15, -0.1) is 0 Å². The van der Waals surface area contributed by atoms with Gasteiger partial charge in [-0.25, -0.2) is 4.79 Å². The normalized spacial score (nSPS) is 17.1. The Morgan fingerprint density at radius 2 is 2.16 bits per heavy atom. The Balaban J connectivity index is 1.94. The topological polar surface area (TPSA) is 108 Å². The van der Waals surface area contributed by atoms with E-state index in [0.29, 0.717) is 12.1 Å². The van der Waals surface area contributed by atoms with Crippen LogP contribution in [0.3, 0.4) is 0 Å². The Labute approximate surface area is 139 Å². The number of halogens is 3. The molecule has 1 aliphatic rings. The van der Waals surface area contributed by atoms with Gasteiger partial charge in [-0.2, -0.15) is 13.2 Å². The van der Waals surface area contributed by atoms with Crippen LogP contribution in [0.1, 0.15) is 18.4 Å². The third-order valence-corrected chi connectivity index (χ3v) is 3.33. The second-order valence-corrected chi connectivity index (χ2v) is 5.10. The number of hydrogen-bond acceptors (Lipinski definition) is 7. The van der Waals surface area contributed by atoms with Gasteiger partial charge >= 0.3 is 18.1 Å². The zero-order valence-corrected chi connectivity index (χ0v) is 12.7. The number of nitro groups is 1. The fraction of sp³-hybridized carbons (Fsp3) is 0.429. The molecule has 0 radical (unpaired) electrons. The van der Waals surface area contributed by atoms with E-state index in [1.54, 1.807) is 0 Å². The van der Waals surface area contributed by atoms with Crippen LogP contribution in [0.4, 0.5) is 24.5 Å². The number of nitrogens with zero attached hydrogens (tertiary/aromatic N) is 1. The molecule has 0 unspecified atom stereocenters. The molecular formula is C14H13F3N2O6. The van der Waals surface area contributed by atoms with Crippen LogP contribution >= 0.6 is 0 Å². The van der Waals surface area contributed by atoms with E-state index in [0.717, 1.165) is 6.07 Å². The van der Waals surface area contributed by atoms with Gasteiger partial charge in [0, 0.05) is 19.0 Å². The number of esters is 2. The SMILES string of the molecule is O=C(CCNc1ccc(C(F)(F)F)cc1[N+](=O)[O-])O[C@@H]1CCOC1=O. The number of alkyl halides is 3. The smallest absolute Gasteiger partial charge is 0.416 e. The van der Waals surface area contributed by atoms with Gasteiger partial charge in [0.2, 0.25) is 6.10 Å². The molecule has 0 spiro atoms. The predicted octanol–water partition coefficient (Wildman–Crippen LogP) is 2.27. The van der Waals surface area contributed by atoms with Crippen molar-refractivity contribution in [1.29, 1.82) is 0 Å². The summed E-state index contributed by atoms with van der Waals surface area (Å²) in [5, 5.41) is 13.4. The first-order valence-corrected chi connectivity index (χ1v) is 7.14. The summed E-state index contributed by atoms with van der Waals surface area (Å²) in [4.78, 5) is 32.7. The average molecular weight is 362 g/mol. The summed E-state index contributed by atoms with van der Waals surface area (Å²) in [7, 11) is 0. The maximum Gasteiger partial charge on any atom is 0.416 e. The standard InChI is InChI=1S/C14H13F3N2O6/c15-14(16,17)8-1-2-9(10(7-8)19(22)23)18-5-3-12(20)25-11-4-6-24-13(11)21/h1-2,7,11,18H,3-6H2/t11-/m1/s1. The highest BCUT2D eigenvalue weighted by Gasteiger charge is 2.33. The lowest BCUT2D eigenvalue weighted by Crippen LogP contribution is -2.23. The van der Waals surface area contributed by atoms with Gasteiger partial charge in [0.1, 0.15) is 5.69 Å². The first kappa shape index (κ1) is 18.5. The highest BCUT2D eigenvalue weighted by molar-refractivity contribution is 5.80. The van der Waals surface area contributed by atoms with Crippen LogP contribution in [0.5, 0.6) is 0 Å². The Morgan fingerprint density at radius 1 is 1.44 bits per heavy atom. The maximum absolute atomic E-state index is 12.6. The Morgan fingerprint density at radius 3 is 2.72 bits per heavy atom. The van der Waals surface area contributed by atoms with Crippen molar-refractivity contribution < 1.29 is 37.2 Å². The predicted molar refractivity (Wildman–Crippen MR) is 76.7 cm³/mol. The summed E-state index contributed by atoms with van der Waals surface area (Å²) in [6, 6.07) is 2.03. The van der Waals surface area contributed by atoms with Crippen molar-refractivity contribution in [1.82, 2.24) is 0 Å². The third-order valence-electron chi connectivity index (χ3n) is 3.33. The number of nitro benzene ring substituents is 1. The van der Waals surface area contributed by atoms with E-state index in [1.165, 1.54) is 0 Å². The molecule has 8 nitrogen and oxygen atoms in total. The number of hydrogen-bond donors (Lipinski definition) is 1. The van der Waals surface area contributed by atoms with Crippen LogP contribution in [-0.2, 0) is 25.2 Å². The summed E-state index contributed by atoms with van der Waals surface area (Å²) < 4.78 is 47.3. The molecule has 1 saturated heterocycles. The molecule has 1 aromatic carbocycles. The van der Waals surface area contributed by atoms with Crippen molar-refractivity contribution >= 4 is 23.3 Å². The molecular weight excluding hydrogens is 349 g/mol. The molecule has 11 heteroatoms. The zero-order valence-electron chi connectivity index (χ0n) is 12.7. The van der Waals surface area contributed by atoms with E-state index < -0.39 is 40.4 Å². The molecule has 136 valence electrons. The van der Waals surface area contributed by atoms with Crippen molar-refractivity contribution in [3.05, 3.63) is 33.9 Å². The second kappa shape index (κ2) is 7.36. The van der Waals surface area contributed by atoms with E-state index in [2.05, 4.69) is 10.1 Å². The van der Waals surface area contributed by atoms with Crippen molar-refractivity contribution in [3.8, 4) is 0 Å². The first-order valence-electron chi connectivity index (χ1n) is 7.14. The second-order valence-electron chi connectivity index (χ2n) is 5.10. The van der Waals surface area contributed by atoms with E-state index in [9.17, 15) is 32.9 Å². The van der Waals surface area contributed by atoms with Crippen LogP contribution in [0, 0.1) is 10.1 Å². The number of cyclic esters (lactones) is 1. The number of carbonyl (C=O) groups excluding carboxylic acids is 2. The molecule has 1 heterocycles. The molecule has 25 heavy (non-hydrogen) atoms. The quantitative estimate of drug-likeness (QED) is 0.470. The molecule has 0 amide bonds. The van der Waals surface area contributed by atoms with Crippen LogP contribution in [0.25, 0.3) is 0 Å². The highest BCUT2D eigenvalue weighted by atomic mass is 19.4. The maximum atomic E-state index is 12.6. The summed E-state index contributed by atoms with van der Waals surface area (Å²) in [5.74, 6) is -1.37. The van der Waals surface area contributed by atoms with Gasteiger partial charge in [-0.3, -0.25) is 14.9 Å². The minimum atomic E-state index is -4.71. The monoisotopic (exact) mass is 362 g/mol. The number of anilines is 1. The largest absolute Gasteiger partial charge is 0.463 e. The number of benzene rings is 1. The number of ether oxygens (including phenoxy) is 2. The van der Waals surface area contributed by atoms with Crippen molar-refractivity contribution in [2.75, 3.05) is 18.5 Å². The molecule has 1 aliphatic heterocycles. The summed E-state index contributed by atoms with van der Waals surface area (Å²) in [6.45, 7) is 0.0413. The Hall–Kier alpha value is -2.85. The van der Waals surface area contributed by atoms with Crippen molar-refractivity contribution in [2.45, 2.75) is 25.1 Å². The van der Waals surface area contributed by atoms with E-state index in [1.807, 2.05) is 0 Å². The highest BCUT2D eigenvalue weighted by Crippen LogP contribution is 2.34. The van der Waals surface area contributed by atoms with Gasteiger partial charge in [0.15, 0.2) is 0 Å². The Bertz CT molecular complexity index is 692. The summed E-state index contributed by atoms with van der Waals surface area (Å²) >= 11 is 0. The molecule has 0 aliphatic carbocycles. The number of carbonyl (C=O) groups is 2. The van der Waals surface area contributed by atoms with Crippen molar-refractivity contribution in [3.63, 3.8) is 0 Å². The molecule has 1 fully saturated rings. The molecule has 0 aromatic heterocycles. The van der Waals surface area contributed by atoms with Crippen LogP contribution in [0.15, 0.2) is 18.2 Å². The van der Waals surface area contributed by atoms with E-state index in [-0.39, 0.29) is 31.7 Å². The summed E-state index contributed by atoms with van der Waals surface area (Å²) in [6.07, 6.45) is -5.65. The Kier molecular flexibility index (Phi) is 5.45. The lowest BCUT2D eigenvalue weighted by Gasteiger charge is -2.11. The van der Waals surface area contributed by atoms with Gasteiger partial charge < -0.3 is 14.8 Å². The van der Waals surface area contributed by atoms with E-state index >= 15 is 0 Å². The van der Waals surface area contributed by atoms with Crippen LogP contribution < -0.4 is 5.32 Å². The van der Waals surface area contributed by atoms with Gasteiger partial charge in [-0.05, 0) is 12.1 Å². The fourth-order valence-corrected chi connectivity index (χ4v) is 2.11. The number of rotatable bonds is 6. The average Bonchev–Trinajstić information content (AvgIpc) is 2.91. The molecule has 1 N–H and O–H groups in total. The van der Waals surface area contributed by atoms with Gasteiger partial charge in [-0.1, -0.05) is 0 Å². The van der Waals surface area contributed by atoms with Gasteiger partial charge in [0.25, 0.3) is 5.69 Å². The summed E-state index contributed by atoms with van der Waals surface area (Å²) in [5.41, 5.74) is -2.07. The lowest BCUT2D eigenvalue weighted by molar-refractivity contribution is -0.384. The van der Waals surface area contributed by atoms with Crippen molar-refractivity contribution in [2.24, 2.45) is 0 Å². The zero-order chi connectivity index (χ0) is 18.6. The molecule has 2 rings (SSSR count). The first-order chi connectivity index (χ1) is 11.7. The lowest BCUT2D eigenvalue weighted by atomic mass is 10.1. The van der Waals surface area contributed by atoms with Crippen LogP contribution in [-0.4, -0.2) is 36.1 Å². The molecule has 1 aromatic rings. The minimum absolute atomic E-state index is 0.118. The number of nitrogens with one attached hydrogen (secondary N) is 1. The minimum Gasteiger partial charge on any atom is -0.463 e. The molecule has 0 bridgehead atoms. The van der Waals surface area contributed by atoms with Gasteiger partial charge in [0.05, 0.1) is 23.5 Å². The molecule has 1 atom stereocenters. The van der Waals surface area contributed by atoms with Crippen LogP contribution in [0.2, 0.25) is 0 Å². The fourth-order valence-electron chi connectivity index (χ4n) is 2.11. The molecule has 0 saturated carbocycles. The third kappa shape index (κ3) is 4.81. The van der Waals surface area contributed by atoms with E-state index in [4.69, 9.17) is 4.74 Å².